The van der Waals surface area contributed by atoms with E-state index in [1.807, 2.05) is 32.3 Å². The third-order valence-corrected chi connectivity index (χ3v) is 5.00. The molecule has 1 heterocycles. The van der Waals surface area contributed by atoms with Gasteiger partial charge in [0.2, 0.25) is 0 Å². The van der Waals surface area contributed by atoms with Gasteiger partial charge in [-0.05, 0) is 45.5 Å². The second kappa shape index (κ2) is 7.52. The summed E-state index contributed by atoms with van der Waals surface area (Å²) < 4.78 is 5.42. The Bertz CT molecular complexity index is 491. The van der Waals surface area contributed by atoms with Gasteiger partial charge >= 0.3 is 5.97 Å². The van der Waals surface area contributed by atoms with Crippen LogP contribution in [0.15, 0.2) is 24.3 Å². The summed E-state index contributed by atoms with van der Waals surface area (Å²) in [7, 11) is 4.04. The van der Waals surface area contributed by atoms with Gasteiger partial charge in [0.15, 0.2) is 0 Å². The summed E-state index contributed by atoms with van der Waals surface area (Å²) >= 11 is 1.68. The molecule has 1 aliphatic heterocycles. The maximum absolute atomic E-state index is 12.3. The van der Waals surface area contributed by atoms with Crippen molar-refractivity contribution in [2.24, 2.45) is 0 Å². The van der Waals surface area contributed by atoms with E-state index in [0.717, 1.165) is 18.5 Å². The summed E-state index contributed by atoms with van der Waals surface area (Å²) in [6.07, 6.45) is 0.876. The van der Waals surface area contributed by atoms with Gasteiger partial charge in [-0.1, -0.05) is 24.3 Å². The number of esters is 1. The van der Waals surface area contributed by atoms with E-state index in [9.17, 15) is 4.79 Å². The number of carbonyl (C=O) groups excluding carboxylic acids is 1. The minimum absolute atomic E-state index is 0. The van der Waals surface area contributed by atoms with E-state index in [2.05, 4.69) is 24.8 Å². The van der Waals surface area contributed by atoms with Crippen molar-refractivity contribution in [3.8, 4) is 0 Å². The predicted octanol–water partition coefficient (Wildman–Crippen LogP) is 3.63. The molecule has 118 valence electrons. The fourth-order valence-electron chi connectivity index (χ4n) is 2.50. The topological polar surface area (TPSA) is 29.5 Å². The van der Waals surface area contributed by atoms with E-state index in [-0.39, 0.29) is 28.4 Å². The van der Waals surface area contributed by atoms with E-state index < -0.39 is 0 Å². The molecule has 1 atom stereocenters. The monoisotopic (exact) mass is 329 g/mol. The molecule has 0 bridgehead atoms. The maximum Gasteiger partial charge on any atom is 0.323 e. The number of halogens is 1. The van der Waals surface area contributed by atoms with E-state index in [4.69, 9.17) is 4.74 Å². The van der Waals surface area contributed by atoms with Crippen LogP contribution in [0.2, 0.25) is 0 Å². The number of ether oxygens (including phenoxy) is 1. The predicted molar refractivity (Wildman–Crippen MR) is 91.2 cm³/mol. The SMILES string of the molecule is CN(C)CCCOC(=O)C1SC(C)(C)c2ccccc21.Cl. The molecule has 1 aliphatic rings. The van der Waals surface area contributed by atoms with Crippen molar-refractivity contribution < 1.29 is 9.53 Å². The zero-order chi connectivity index (χ0) is 14.8. The average molecular weight is 330 g/mol. The first-order valence-electron chi connectivity index (χ1n) is 7.00. The Morgan fingerprint density at radius 3 is 2.67 bits per heavy atom. The number of hydrogen-bond acceptors (Lipinski definition) is 4. The Labute approximate surface area is 137 Å². The highest BCUT2D eigenvalue weighted by atomic mass is 35.5. The van der Waals surface area contributed by atoms with Crippen LogP contribution in [0.4, 0.5) is 0 Å². The molecule has 0 aromatic heterocycles. The molecule has 0 saturated heterocycles. The highest BCUT2D eigenvalue weighted by Gasteiger charge is 2.41. The van der Waals surface area contributed by atoms with Crippen LogP contribution >= 0.6 is 24.2 Å². The number of carbonyl (C=O) groups is 1. The summed E-state index contributed by atoms with van der Waals surface area (Å²) in [6, 6.07) is 8.18. The molecule has 3 nitrogen and oxygen atoms in total. The highest BCUT2D eigenvalue weighted by Crippen LogP contribution is 2.54. The van der Waals surface area contributed by atoms with Crippen molar-refractivity contribution in [3.63, 3.8) is 0 Å². The fraction of sp³-hybridized carbons (Fsp3) is 0.562. The first-order chi connectivity index (χ1) is 9.42. The van der Waals surface area contributed by atoms with E-state index in [0.29, 0.717) is 6.61 Å². The van der Waals surface area contributed by atoms with Gasteiger partial charge in [0.1, 0.15) is 5.25 Å². The van der Waals surface area contributed by atoms with Gasteiger partial charge in [0.05, 0.1) is 6.61 Å². The van der Waals surface area contributed by atoms with E-state index >= 15 is 0 Å². The number of benzene rings is 1. The molecule has 0 saturated carbocycles. The highest BCUT2D eigenvalue weighted by molar-refractivity contribution is 8.01. The average Bonchev–Trinajstić information content (AvgIpc) is 2.67. The normalized spacial score (nSPS) is 19.0. The fourth-order valence-corrected chi connectivity index (χ4v) is 3.90. The first kappa shape index (κ1) is 18.3. The van der Waals surface area contributed by atoms with Crippen molar-refractivity contribution >= 4 is 30.1 Å². The number of nitrogens with zero attached hydrogens (tertiary/aromatic N) is 1. The molecular formula is C16H24ClNO2S. The van der Waals surface area contributed by atoms with Crippen molar-refractivity contribution in [1.29, 1.82) is 0 Å². The Hall–Kier alpha value is -0.710. The van der Waals surface area contributed by atoms with Gasteiger partial charge in [-0.3, -0.25) is 4.79 Å². The molecule has 0 fully saturated rings. The van der Waals surface area contributed by atoms with E-state index in [1.165, 1.54) is 5.56 Å². The summed E-state index contributed by atoms with van der Waals surface area (Å²) in [5.74, 6) is -0.105. The molecule has 0 spiro atoms. The zero-order valence-electron chi connectivity index (χ0n) is 13.1. The van der Waals surface area contributed by atoms with Crippen LogP contribution in [0.3, 0.4) is 0 Å². The number of fused-ring (bicyclic) bond motifs is 1. The number of rotatable bonds is 5. The van der Waals surface area contributed by atoms with Crippen molar-refractivity contribution in [3.05, 3.63) is 35.4 Å². The molecule has 0 amide bonds. The van der Waals surface area contributed by atoms with Crippen LogP contribution in [0, 0.1) is 0 Å². The van der Waals surface area contributed by atoms with Crippen LogP contribution in [-0.4, -0.2) is 38.1 Å². The second-order valence-corrected chi connectivity index (χ2v) is 7.65. The lowest BCUT2D eigenvalue weighted by Crippen LogP contribution is -2.18. The minimum atomic E-state index is -0.180. The van der Waals surface area contributed by atoms with Gasteiger partial charge in [0.25, 0.3) is 0 Å². The Kier molecular flexibility index (Phi) is 6.57. The Morgan fingerprint density at radius 1 is 1.33 bits per heavy atom. The van der Waals surface area contributed by atoms with Crippen LogP contribution in [0.1, 0.15) is 36.6 Å². The molecule has 5 heteroatoms. The molecular weight excluding hydrogens is 306 g/mol. The molecule has 1 aromatic carbocycles. The number of hydrogen-bond donors (Lipinski definition) is 0. The van der Waals surface area contributed by atoms with Crippen LogP contribution in [-0.2, 0) is 14.3 Å². The lowest BCUT2D eigenvalue weighted by Gasteiger charge is -2.18. The largest absolute Gasteiger partial charge is 0.465 e. The van der Waals surface area contributed by atoms with Gasteiger partial charge in [-0.15, -0.1) is 24.2 Å². The van der Waals surface area contributed by atoms with Crippen molar-refractivity contribution in [1.82, 2.24) is 4.90 Å². The molecule has 2 rings (SSSR count). The number of thioether (sulfide) groups is 1. The van der Waals surface area contributed by atoms with Gasteiger partial charge in [-0.25, -0.2) is 0 Å². The Balaban J connectivity index is 0.00000220. The quantitative estimate of drug-likeness (QED) is 0.609. The zero-order valence-corrected chi connectivity index (χ0v) is 14.7. The molecule has 1 aromatic rings. The summed E-state index contributed by atoms with van der Waals surface area (Å²) in [5, 5.41) is -0.180. The van der Waals surface area contributed by atoms with Crippen LogP contribution in [0.25, 0.3) is 0 Å². The van der Waals surface area contributed by atoms with E-state index in [1.54, 1.807) is 11.8 Å². The summed E-state index contributed by atoms with van der Waals surface area (Å²) in [5.41, 5.74) is 2.36. The van der Waals surface area contributed by atoms with Gasteiger partial charge in [0, 0.05) is 11.3 Å². The lowest BCUT2D eigenvalue weighted by atomic mass is 9.95. The second-order valence-electron chi connectivity index (χ2n) is 5.92. The smallest absolute Gasteiger partial charge is 0.323 e. The molecule has 21 heavy (non-hydrogen) atoms. The van der Waals surface area contributed by atoms with Gasteiger partial charge in [-0.2, -0.15) is 0 Å². The summed E-state index contributed by atoms with van der Waals surface area (Å²) in [6.45, 7) is 5.76. The Morgan fingerprint density at radius 2 is 2.00 bits per heavy atom. The molecule has 0 radical (unpaired) electrons. The van der Waals surface area contributed by atoms with Crippen molar-refractivity contribution in [2.75, 3.05) is 27.2 Å². The van der Waals surface area contributed by atoms with Gasteiger partial charge < -0.3 is 9.64 Å². The molecule has 0 N–H and O–H groups in total. The van der Waals surface area contributed by atoms with Crippen molar-refractivity contribution in [2.45, 2.75) is 30.3 Å². The molecule has 0 aliphatic carbocycles. The molecule has 1 unspecified atom stereocenters. The van der Waals surface area contributed by atoms with Crippen LogP contribution in [0.5, 0.6) is 0 Å². The third-order valence-electron chi connectivity index (χ3n) is 3.51. The minimum Gasteiger partial charge on any atom is -0.465 e. The summed E-state index contributed by atoms with van der Waals surface area (Å²) in [4.78, 5) is 14.4. The first-order valence-corrected chi connectivity index (χ1v) is 7.88. The lowest BCUT2D eigenvalue weighted by molar-refractivity contribution is -0.143. The van der Waals surface area contributed by atoms with Crippen LogP contribution < -0.4 is 0 Å². The standard InChI is InChI=1S/C16H23NO2S.ClH/c1-16(2)13-9-6-5-8-12(13)14(20-16)15(18)19-11-7-10-17(3)4;/h5-6,8-9,14H,7,10-11H2,1-4H3;1H. The third kappa shape index (κ3) is 4.38. The maximum atomic E-state index is 12.3.